The molecule has 28 heavy (non-hydrogen) atoms. The van der Waals surface area contributed by atoms with E-state index < -0.39 is 0 Å². The van der Waals surface area contributed by atoms with E-state index in [1.54, 1.807) is 6.08 Å². The molecule has 0 saturated carbocycles. The summed E-state index contributed by atoms with van der Waals surface area (Å²) in [4.78, 5) is 25.0. The molecule has 1 aliphatic heterocycles. The van der Waals surface area contributed by atoms with Crippen LogP contribution in [0.1, 0.15) is 62.7 Å². The fourth-order valence-electron chi connectivity index (χ4n) is 2.91. The van der Waals surface area contributed by atoms with Crippen LogP contribution in [0.25, 0.3) is 6.08 Å². The molecule has 0 aliphatic carbocycles. The van der Waals surface area contributed by atoms with Crippen LogP contribution in [0.4, 0.5) is 0 Å². The fraction of sp³-hybridized carbons (Fsp3) is 0.455. The molecule has 1 aromatic heterocycles. The van der Waals surface area contributed by atoms with E-state index in [0.717, 1.165) is 48.3 Å². The van der Waals surface area contributed by atoms with Crippen molar-refractivity contribution in [3.8, 4) is 0 Å². The molecule has 6 heteroatoms. The van der Waals surface area contributed by atoms with Crippen molar-refractivity contribution in [2.24, 2.45) is 0 Å². The first-order chi connectivity index (χ1) is 13.4. The van der Waals surface area contributed by atoms with Gasteiger partial charge in [0.15, 0.2) is 6.29 Å². The summed E-state index contributed by atoms with van der Waals surface area (Å²) in [5.74, 6) is 0.651. The lowest BCUT2D eigenvalue weighted by atomic mass is 9.93. The highest BCUT2D eigenvalue weighted by atomic mass is 16.8. The van der Waals surface area contributed by atoms with E-state index in [9.17, 15) is 4.79 Å². The largest absolute Gasteiger partial charge is 0.350 e. The monoisotopic (exact) mass is 383 g/mol. The Balaban J connectivity index is 1.48. The number of hydrogen-bond acceptors (Lipinski definition) is 4. The number of benzene rings is 1. The average molecular weight is 383 g/mol. The van der Waals surface area contributed by atoms with Crippen molar-refractivity contribution in [1.29, 1.82) is 0 Å². The topological polar surface area (TPSA) is 76.2 Å². The van der Waals surface area contributed by atoms with Crippen LogP contribution in [0, 0.1) is 0 Å². The molecule has 0 bridgehead atoms. The second-order valence-corrected chi connectivity index (χ2v) is 8.13. The molecule has 2 heterocycles. The number of amides is 1. The molecule has 1 aromatic carbocycles. The number of aromatic amines is 1. The summed E-state index contributed by atoms with van der Waals surface area (Å²) in [6, 6.07) is 8.06. The molecular weight excluding hydrogens is 354 g/mol. The highest BCUT2D eigenvalue weighted by molar-refractivity contribution is 5.90. The summed E-state index contributed by atoms with van der Waals surface area (Å²) in [7, 11) is 0. The van der Waals surface area contributed by atoms with Crippen LogP contribution in [0.15, 0.2) is 36.5 Å². The van der Waals surface area contributed by atoms with Crippen molar-refractivity contribution in [3.05, 3.63) is 59.2 Å². The Morgan fingerprint density at radius 2 is 2.11 bits per heavy atom. The van der Waals surface area contributed by atoms with Gasteiger partial charge < -0.3 is 9.72 Å². The lowest BCUT2D eigenvalue weighted by molar-refractivity contribution is -0.198. The Morgan fingerprint density at radius 1 is 1.32 bits per heavy atom. The molecular formula is C22H29N3O3. The molecule has 1 aliphatic rings. The average Bonchev–Trinajstić information content (AvgIpc) is 3.16. The summed E-state index contributed by atoms with van der Waals surface area (Å²) < 4.78 is 5.40. The summed E-state index contributed by atoms with van der Waals surface area (Å²) in [5.41, 5.74) is 5.72. The number of hydroxylamine groups is 1. The second kappa shape index (κ2) is 9.17. The van der Waals surface area contributed by atoms with E-state index >= 15 is 0 Å². The summed E-state index contributed by atoms with van der Waals surface area (Å²) in [6.45, 7) is 7.16. The molecule has 2 N–H and O–H groups in total. The number of nitrogens with one attached hydrogen (secondary N) is 2. The third-order valence-corrected chi connectivity index (χ3v) is 4.64. The van der Waals surface area contributed by atoms with Gasteiger partial charge in [0, 0.05) is 42.8 Å². The summed E-state index contributed by atoms with van der Waals surface area (Å²) >= 11 is 0. The summed E-state index contributed by atoms with van der Waals surface area (Å²) in [6.07, 6.45) is 8.43. The van der Waals surface area contributed by atoms with Crippen molar-refractivity contribution in [1.82, 2.24) is 15.4 Å². The van der Waals surface area contributed by atoms with Gasteiger partial charge in [0.2, 0.25) is 0 Å². The van der Waals surface area contributed by atoms with Crippen molar-refractivity contribution < 1.29 is 14.4 Å². The number of aromatic nitrogens is 2. The number of rotatable bonds is 6. The van der Waals surface area contributed by atoms with Gasteiger partial charge in [0.25, 0.3) is 5.91 Å². The minimum Gasteiger partial charge on any atom is -0.350 e. The number of nitrogens with zero attached hydrogens (tertiary/aromatic N) is 1. The molecule has 1 fully saturated rings. The number of hydrogen-bond donors (Lipinski definition) is 2. The zero-order valence-corrected chi connectivity index (χ0v) is 16.8. The van der Waals surface area contributed by atoms with Gasteiger partial charge in [-0.05, 0) is 30.0 Å². The maximum absolute atomic E-state index is 11.9. The van der Waals surface area contributed by atoms with Gasteiger partial charge in [-0.1, -0.05) is 45.0 Å². The molecule has 3 rings (SSSR count). The van der Waals surface area contributed by atoms with Crippen LogP contribution >= 0.6 is 0 Å². The molecule has 6 nitrogen and oxygen atoms in total. The van der Waals surface area contributed by atoms with Crippen molar-refractivity contribution in [3.63, 3.8) is 0 Å². The van der Waals surface area contributed by atoms with Crippen molar-refractivity contribution in [2.75, 3.05) is 6.61 Å². The molecule has 2 aromatic rings. The zero-order chi connectivity index (χ0) is 20.0. The van der Waals surface area contributed by atoms with Gasteiger partial charge in [-0.15, -0.1) is 0 Å². The molecule has 0 radical (unpaired) electrons. The van der Waals surface area contributed by atoms with E-state index in [4.69, 9.17) is 9.57 Å². The Morgan fingerprint density at radius 3 is 2.75 bits per heavy atom. The minimum absolute atomic E-state index is 0.0628. The number of carbonyl (C=O) groups is 1. The minimum atomic E-state index is -0.342. The molecule has 1 atom stereocenters. The van der Waals surface area contributed by atoms with E-state index in [-0.39, 0.29) is 17.6 Å². The first-order valence-corrected chi connectivity index (χ1v) is 9.79. The second-order valence-electron chi connectivity index (χ2n) is 8.13. The van der Waals surface area contributed by atoms with Gasteiger partial charge in [0.1, 0.15) is 5.82 Å². The van der Waals surface area contributed by atoms with E-state index in [0.29, 0.717) is 6.61 Å². The van der Waals surface area contributed by atoms with Crippen LogP contribution in [0.5, 0.6) is 0 Å². The van der Waals surface area contributed by atoms with E-state index in [1.807, 2.05) is 30.5 Å². The number of H-pyrrole nitrogens is 1. The number of ether oxygens (including phenoxy) is 1. The number of imidazole rings is 1. The van der Waals surface area contributed by atoms with Crippen LogP contribution in [0.2, 0.25) is 0 Å². The van der Waals surface area contributed by atoms with Gasteiger partial charge in [0.05, 0.1) is 0 Å². The van der Waals surface area contributed by atoms with Crippen molar-refractivity contribution in [2.45, 2.75) is 58.2 Å². The highest BCUT2D eigenvalue weighted by Crippen LogP contribution is 2.20. The van der Waals surface area contributed by atoms with E-state index in [2.05, 4.69) is 36.2 Å². The van der Waals surface area contributed by atoms with Crippen LogP contribution < -0.4 is 5.48 Å². The SMILES string of the molecule is CC(C)(C)c1cnc(Cc2ccc(/C=C/C(=O)NOC3CCCCO3)cc2)[nH]1. The lowest BCUT2D eigenvalue weighted by Gasteiger charge is -2.21. The molecule has 1 unspecified atom stereocenters. The maximum atomic E-state index is 11.9. The Hall–Kier alpha value is -2.44. The van der Waals surface area contributed by atoms with Crippen molar-refractivity contribution >= 4 is 12.0 Å². The zero-order valence-electron chi connectivity index (χ0n) is 16.8. The lowest BCUT2D eigenvalue weighted by Crippen LogP contribution is -2.32. The third-order valence-electron chi connectivity index (χ3n) is 4.64. The fourth-order valence-corrected chi connectivity index (χ4v) is 2.91. The van der Waals surface area contributed by atoms with Crippen LogP contribution in [-0.2, 0) is 26.2 Å². The first kappa shape index (κ1) is 20.3. The Kier molecular flexibility index (Phi) is 6.65. The number of carbonyl (C=O) groups excluding carboxylic acids is 1. The maximum Gasteiger partial charge on any atom is 0.267 e. The van der Waals surface area contributed by atoms with Gasteiger partial charge in [-0.3, -0.25) is 4.79 Å². The van der Waals surface area contributed by atoms with Crippen LogP contribution in [0.3, 0.4) is 0 Å². The van der Waals surface area contributed by atoms with Gasteiger partial charge in [-0.2, -0.15) is 0 Å². The Labute approximate surface area is 166 Å². The predicted molar refractivity (Wildman–Crippen MR) is 108 cm³/mol. The van der Waals surface area contributed by atoms with Crippen LogP contribution in [-0.4, -0.2) is 28.8 Å². The molecule has 1 saturated heterocycles. The highest BCUT2D eigenvalue weighted by Gasteiger charge is 2.16. The van der Waals surface area contributed by atoms with E-state index in [1.165, 1.54) is 6.08 Å². The standard InChI is InChI=1S/C22H29N3O3/c1-22(2,3)18-15-23-19(24-18)14-17-9-7-16(8-10-17)11-12-20(26)25-28-21-6-4-5-13-27-21/h7-12,15,21H,4-6,13-14H2,1-3H3,(H,23,24)(H,25,26)/b12-11+. The smallest absolute Gasteiger partial charge is 0.267 e. The molecule has 1 amide bonds. The third kappa shape index (κ3) is 6.04. The molecule has 0 spiro atoms. The predicted octanol–water partition coefficient (Wildman–Crippen LogP) is 3.89. The quantitative estimate of drug-likeness (QED) is 0.586. The Bertz CT molecular complexity index is 797. The van der Waals surface area contributed by atoms with Gasteiger partial charge >= 0.3 is 0 Å². The van der Waals surface area contributed by atoms with Gasteiger partial charge in [-0.25, -0.2) is 15.3 Å². The normalized spacial score (nSPS) is 17.8. The molecule has 150 valence electrons. The first-order valence-electron chi connectivity index (χ1n) is 9.79. The summed E-state index contributed by atoms with van der Waals surface area (Å²) in [5, 5.41) is 0.